The summed E-state index contributed by atoms with van der Waals surface area (Å²) < 4.78 is 9.94. The third-order valence-corrected chi connectivity index (χ3v) is 3.16. The number of pyridine rings is 1. The summed E-state index contributed by atoms with van der Waals surface area (Å²) in [5.41, 5.74) is 0.809. The predicted molar refractivity (Wildman–Crippen MR) is 84.7 cm³/mol. The average Bonchev–Trinajstić information content (AvgIpc) is 3.07. The van der Waals surface area contributed by atoms with Gasteiger partial charge in [-0.15, -0.1) is 0 Å². The molecule has 1 N–H and O–H groups in total. The van der Waals surface area contributed by atoms with Gasteiger partial charge in [-0.2, -0.15) is 4.98 Å². The molecule has 8 heteroatoms. The largest absolute Gasteiger partial charge is 0.466 e. The molecule has 0 spiro atoms. The first-order valence-electron chi connectivity index (χ1n) is 7.84. The maximum Gasteiger partial charge on any atom is 0.305 e. The number of aryl methyl sites for hydroxylation is 1. The lowest BCUT2D eigenvalue weighted by Gasteiger charge is -2.04. The Kier molecular flexibility index (Phi) is 6.88. The average molecular weight is 332 g/mol. The number of esters is 1. The van der Waals surface area contributed by atoms with Crippen LogP contribution in [0.15, 0.2) is 29.0 Å². The van der Waals surface area contributed by atoms with Crippen LogP contribution in [-0.2, 0) is 20.7 Å². The molecule has 0 saturated carbocycles. The fourth-order valence-corrected chi connectivity index (χ4v) is 1.98. The highest BCUT2D eigenvalue weighted by Crippen LogP contribution is 2.14. The van der Waals surface area contributed by atoms with Gasteiger partial charge in [-0.25, -0.2) is 0 Å². The third kappa shape index (κ3) is 5.79. The molecule has 128 valence electrons. The van der Waals surface area contributed by atoms with E-state index in [9.17, 15) is 9.59 Å². The molecule has 1 amide bonds. The van der Waals surface area contributed by atoms with Gasteiger partial charge in [0.25, 0.3) is 0 Å². The van der Waals surface area contributed by atoms with Crippen LogP contribution < -0.4 is 5.32 Å². The molecule has 2 aromatic rings. The highest BCUT2D eigenvalue weighted by atomic mass is 16.5. The number of nitrogens with one attached hydrogen (secondary N) is 1. The number of nitrogens with zero attached hydrogens (tertiary/aromatic N) is 3. The van der Waals surface area contributed by atoms with E-state index in [1.165, 1.54) is 0 Å². The summed E-state index contributed by atoms with van der Waals surface area (Å²) in [6, 6.07) is 3.57. The predicted octanol–water partition coefficient (Wildman–Crippen LogP) is 1.52. The Morgan fingerprint density at radius 3 is 2.79 bits per heavy atom. The fraction of sp³-hybridized carbons (Fsp3) is 0.438. The summed E-state index contributed by atoms with van der Waals surface area (Å²) in [5.74, 6) is 0.509. The van der Waals surface area contributed by atoms with Gasteiger partial charge in [-0.3, -0.25) is 14.6 Å². The molecule has 0 saturated heterocycles. The molecule has 2 aromatic heterocycles. The van der Waals surface area contributed by atoms with E-state index in [1.54, 1.807) is 31.5 Å². The summed E-state index contributed by atoms with van der Waals surface area (Å²) in [7, 11) is 0. The molecule has 0 fully saturated rings. The number of aromatic nitrogens is 3. The zero-order valence-electron chi connectivity index (χ0n) is 13.5. The number of ether oxygens (including phenoxy) is 1. The Labute approximate surface area is 139 Å². The van der Waals surface area contributed by atoms with Crippen molar-refractivity contribution in [2.45, 2.75) is 32.6 Å². The van der Waals surface area contributed by atoms with Crippen molar-refractivity contribution in [2.24, 2.45) is 0 Å². The standard InChI is InChI=1S/C16H20N4O4/c1-2-23-15(22)4-3-9-18-13(21)5-6-14-19-16(20-24-14)12-7-10-17-11-8-12/h7-8,10-11H,2-6,9H2,1H3,(H,18,21). The minimum Gasteiger partial charge on any atom is -0.466 e. The molecule has 8 nitrogen and oxygen atoms in total. The van der Waals surface area contributed by atoms with Gasteiger partial charge in [0.05, 0.1) is 6.61 Å². The smallest absolute Gasteiger partial charge is 0.305 e. The van der Waals surface area contributed by atoms with Gasteiger partial charge in [-0.1, -0.05) is 5.16 Å². The fourth-order valence-electron chi connectivity index (χ4n) is 1.98. The molecule has 24 heavy (non-hydrogen) atoms. The Morgan fingerprint density at radius 2 is 2.04 bits per heavy atom. The van der Waals surface area contributed by atoms with E-state index < -0.39 is 0 Å². The van der Waals surface area contributed by atoms with Crippen LogP contribution in [-0.4, -0.2) is 40.2 Å². The van der Waals surface area contributed by atoms with Gasteiger partial charge < -0.3 is 14.6 Å². The summed E-state index contributed by atoms with van der Waals surface area (Å²) in [6.07, 6.45) is 4.76. The van der Waals surface area contributed by atoms with Crippen molar-refractivity contribution in [1.82, 2.24) is 20.4 Å². The summed E-state index contributed by atoms with van der Waals surface area (Å²) in [5, 5.41) is 6.62. The van der Waals surface area contributed by atoms with E-state index in [2.05, 4.69) is 20.4 Å². The first-order chi connectivity index (χ1) is 11.7. The molecule has 0 aliphatic carbocycles. The van der Waals surface area contributed by atoms with Crippen LogP contribution in [0.5, 0.6) is 0 Å². The number of amides is 1. The molecule has 0 bridgehead atoms. The lowest BCUT2D eigenvalue weighted by molar-refractivity contribution is -0.143. The van der Waals surface area contributed by atoms with Gasteiger partial charge in [0.2, 0.25) is 17.6 Å². The van der Waals surface area contributed by atoms with E-state index in [0.717, 1.165) is 5.56 Å². The van der Waals surface area contributed by atoms with Crippen molar-refractivity contribution in [3.05, 3.63) is 30.4 Å². The van der Waals surface area contributed by atoms with Crippen molar-refractivity contribution in [3.8, 4) is 11.4 Å². The summed E-state index contributed by atoms with van der Waals surface area (Å²) >= 11 is 0. The molecule has 2 heterocycles. The minimum atomic E-state index is -0.249. The van der Waals surface area contributed by atoms with Gasteiger partial charge in [0, 0.05) is 43.8 Å². The lowest BCUT2D eigenvalue weighted by atomic mass is 10.2. The van der Waals surface area contributed by atoms with Gasteiger partial charge in [0.15, 0.2) is 0 Å². The van der Waals surface area contributed by atoms with Crippen LogP contribution in [0.3, 0.4) is 0 Å². The van der Waals surface area contributed by atoms with Crippen LogP contribution in [0.1, 0.15) is 32.1 Å². The molecule has 0 atom stereocenters. The van der Waals surface area contributed by atoms with Gasteiger partial charge in [-0.05, 0) is 25.5 Å². The van der Waals surface area contributed by atoms with Crippen LogP contribution in [0, 0.1) is 0 Å². The highest BCUT2D eigenvalue weighted by molar-refractivity contribution is 5.76. The van der Waals surface area contributed by atoms with E-state index in [1.807, 2.05) is 0 Å². The second kappa shape index (κ2) is 9.39. The van der Waals surface area contributed by atoms with Crippen molar-refractivity contribution < 1.29 is 18.8 Å². The first-order valence-corrected chi connectivity index (χ1v) is 7.84. The van der Waals surface area contributed by atoms with Crippen molar-refractivity contribution in [1.29, 1.82) is 0 Å². The van der Waals surface area contributed by atoms with Gasteiger partial charge >= 0.3 is 5.97 Å². The number of hydrogen-bond acceptors (Lipinski definition) is 7. The number of hydrogen-bond donors (Lipinski definition) is 1. The summed E-state index contributed by atoms with van der Waals surface area (Å²) in [4.78, 5) is 31.1. The second-order valence-corrected chi connectivity index (χ2v) is 5.01. The van der Waals surface area contributed by atoms with Crippen LogP contribution in [0.4, 0.5) is 0 Å². The minimum absolute atomic E-state index is 0.123. The SMILES string of the molecule is CCOC(=O)CCCNC(=O)CCc1nc(-c2ccncc2)no1. The number of rotatable bonds is 9. The van der Waals surface area contributed by atoms with Crippen LogP contribution >= 0.6 is 0 Å². The monoisotopic (exact) mass is 332 g/mol. The Bertz CT molecular complexity index is 657. The molecule has 0 aliphatic heterocycles. The molecule has 0 radical (unpaired) electrons. The van der Waals surface area contributed by atoms with E-state index in [4.69, 9.17) is 9.26 Å². The van der Waals surface area contributed by atoms with E-state index >= 15 is 0 Å². The molecule has 0 aliphatic rings. The highest BCUT2D eigenvalue weighted by Gasteiger charge is 2.10. The summed E-state index contributed by atoms with van der Waals surface area (Å²) in [6.45, 7) is 2.57. The van der Waals surface area contributed by atoms with E-state index in [0.29, 0.717) is 44.1 Å². The normalized spacial score (nSPS) is 10.4. The van der Waals surface area contributed by atoms with Crippen LogP contribution in [0.2, 0.25) is 0 Å². The number of carbonyl (C=O) groups is 2. The molecule has 0 aromatic carbocycles. The molecule has 0 unspecified atom stereocenters. The maximum absolute atomic E-state index is 11.7. The van der Waals surface area contributed by atoms with Crippen molar-refractivity contribution in [2.75, 3.05) is 13.2 Å². The molecular weight excluding hydrogens is 312 g/mol. The van der Waals surface area contributed by atoms with E-state index in [-0.39, 0.29) is 18.3 Å². The van der Waals surface area contributed by atoms with Crippen molar-refractivity contribution >= 4 is 11.9 Å². The molecule has 2 rings (SSSR count). The first kappa shape index (κ1) is 17.6. The van der Waals surface area contributed by atoms with Gasteiger partial charge in [0.1, 0.15) is 0 Å². The third-order valence-electron chi connectivity index (χ3n) is 3.16. The zero-order chi connectivity index (χ0) is 17.2. The Balaban J connectivity index is 1.67. The topological polar surface area (TPSA) is 107 Å². The molecular formula is C16H20N4O4. The second-order valence-electron chi connectivity index (χ2n) is 5.01. The Hall–Kier alpha value is -2.77. The van der Waals surface area contributed by atoms with Crippen molar-refractivity contribution in [3.63, 3.8) is 0 Å². The zero-order valence-corrected chi connectivity index (χ0v) is 13.5. The van der Waals surface area contributed by atoms with Crippen LogP contribution in [0.25, 0.3) is 11.4 Å². The maximum atomic E-state index is 11.7. The lowest BCUT2D eigenvalue weighted by Crippen LogP contribution is -2.25. The number of carbonyl (C=O) groups excluding carboxylic acids is 2. The quantitative estimate of drug-likeness (QED) is 0.548. The Morgan fingerprint density at radius 1 is 1.25 bits per heavy atom.